The van der Waals surface area contributed by atoms with Crippen LogP contribution in [0.25, 0.3) is 21.5 Å². The van der Waals surface area contributed by atoms with E-state index in [-0.39, 0.29) is 23.8 Å². The molecule has 4 aliphatic rings. The zero-order chi connectivity index (χ0) is 43.7. The first-order valence-electron chi connectivity index (χ1n) is 22.8. The second-order valence-electron chi connectivity index (χ2n) is 20.2. The molecule has 1 saturated heterocycles. The SMILES string of the molecule is CC(C)(C)C1CCC(Oc2ccc3cc(C=O)ccc3c2)CC1.COC(=O)C1CCC1.COC(=O)C1CN(Cc2ccc3cc(OC4CCC(C(C)(C)C)CC4)ccc3c2)C1. The maximum atomic E-state index is 11.5. The van der Waals surface area contributed by atoms with Gasteiger partial charge in [-0.15, -0.1) is 0 Å². The third kappa shape index (κ3) is 12.8. The van der Waals surface area contributed by atoms with Crippen LogP contribution in [0.3, 0.4) is 0 Å². The standard InChI is InChI=1S/C26H35NO3.C21H26O2.C6H10O2/c1-26(2,3)22-8-11-23(12-9-22)30-24-10-7-19-13-18(5-6-20(19)14-24)15-27-16-21(17-27)25(28)29-4;1-21(2,3)18-7-10-19(11-8-18)23-20-9-6-16-12-15(14-22)4-5-17(16)13-20;1-8-6(7)5-3-2-4-5/h5-7,10,13-14,21-23H,8-9,11-12,15-17H2,1-4H3;4-6,9,12-14,18-19H,7-8,10-11H2,1-3H3;5H,2-4H2,1H3. The molecule has 1 aliphatic heterocycles. The molecule has 0 aromatic heterocycles. The number of benzene rings is 4. The van der Waals surface area contributed by atoms with Gasteiger partial charge in [0.1, 0.15) is 17.8 Å². The Labute approximate surface area is 365 Å². The molecule has 4 aromatic rings. The number of likely N-dealkylation sites (tertiary alicyclic amines) is 1. The minimum absolute atomic E-state index is 0.0312. The molecule has 0 radical (unpaired) electrons. The molecular formula is C53H71NO7. The van der Waals surface area contributed by atoms with Crippen LogP contribution in [-0.2, 0) is 25.6 Å². The van der Waals surface area contributed by atoms with Crippen molar-refractivity contribution in [3.05, 3.63) is 83.9 Å². The van der Waals surface area contributed by atoms with Crippen LogP contribution >= 0.6 is 0 Å². The number of fused-ring (bicyclic) bond motifs is 2. The fraction of sp³-hybridized carbons (Fsp3) is 0.566. The van der Waals surface area contributed by atoms with Gasteiger partial charge in [0.05, 0.1) is 38.3 Å². The summed E-state index contributed by atoms with van der Waals surface area (Å²) < 4.78 is 21.9. The molecule has 0 unspecified atom stereocenters. The lowest BCUT2D eigenvalue weighted by Crippen LogP contribution is -2.49. The molecule has 3 saturated carbocycles. The van der Waals surface area contributed by atoms with Gasteiger partial charge in [0.15, 0.2) is 0 Å². The monoisotopic (exact) mass is 834 g/mol. The molecule has 4 fully saturated rings. The molecular weight excluding hydrogens is 763 g/mol. The number of hydrogen-bond acceptors (Lipinski definition) is 8. The maximum absolute atomic E-state index is 11.5. The van der Waals surface area contributed by atoms with E-state index in [1.54, 1.807) is 0 Å². The van der Waals surface area contributed by atoms with E-state index in [2.05, 4.69) is 93.6 Å². The van der Waals surface area contributed by atoms with Crippen LogP contribution in [0.15, 0.2) is 72.8 Å². The van der Waals surface area contributed by atoms with Gasteiger partial charge in [-0.2, -0.15) is 0 Å². The molecule has 8 nitrogen and oxygen atoms in total. The van der Waals surface area contributed by atoms with Gasteiger partial charge in [0.2, 0.25) is 0 Å². The van der Waals surface area contributed by atoms with E-state index in [0.29, 0.717) is 28.6 Å². The van der Waals surface area contributed by atoms with Crippen molar-refractivity contribution in [1.29, 1.82) is 0 Å². The lowest BCUT2D eigenvalue weighted by atomic mass is 9.72. The van der Waals surface area contributed by atoms with E-state index < -0.39 is 0 Å². The second-order valence-corrected chi connectivity index (χ2v) is 20.2. The highest BCUT2D eigenvalue weighted by atomic mass is 16.5. The van der Waals surface area contributed by atoms with Gasteiger partial charge in [0.25, 0.3) is 0 Å². The zero-order valence-electron chi connectivity index (χ0n) is 38.2. The predicted molar refractivity (Wildman–Crippen MR) is 245 cm³/mol. The van der Waals surface area contributed by atoms with Crippen molar-refractivity contribution in [3.63, 3.8) is 0 Å². The van der Waals surface area contributed by atoms with Crippen LogP contribution in [0.2, 0.25) is 0 Å². The number of carbonyl (C=O) groups is 3. The Hall–Kier alpha value is -4.43. The number of ether oxygens (including phenoxy) is 4. The van der Waals surface area contributed by atoms with Crippen molar-refractivity contribution in [2.75, 3.05) is 27.3 Å². The van der Waals surface area contributed by atoms with Gasteiger partial charge in [-0.1, -0.05) is 84.4 Å². The van der Waals surface area contributed by atoms with Crippen LogP contribution in [0.1, 0.15) is 128 Å². The van der Waals surface area contributed by atoms with Gasteiger partial charge < -0.3 is 18.9 Å². The third-order valence-electron chi connectivity index (χ3n) is 13.8. The van der Waals surface area contributed by atoms with Crippen LogP contribution in [-0.4, -0.2) is 62.6 Å². The van der Waals surface area contributed by atoms with E-state index in [9.17, 15) is 14.4 Å². The number of aldehydes is 1. The van der Waals surface area contributed by atoms with Crippen molar-refractivity contribution in [2.24, 2.45) is 34.5 Å². The van der Waals surface area contributed by atoms with Crippen molar-refractivity contribution >= 4 is 39.8 Å². The van der Waals surface area contributed by atoms with Gasteiger partial charge in [-0.25, -0.2) is 0 Å². The topological polar surface area (TPSA) is 91.4 Å². The maximum Gasteiger partial charge on any atom is 0.311 e. The highest BCUT2D eigenvalue weighted by molar-refractivity contribution is 5.89. The smallest absolute Gasteiger partial charge is 0.311 e. The van der Waals surface area contributed by atoms with Gasteiger partial charge in [0, 0.05) is 25.2 Å². The number of rotatable bonds is 9. The van der Waals surface area contributed by atoms with E-state index >= 15 is 0 Å². The molecule has 0 bridgehead atoms. The summed E-state index contributed by atoms with van der Waals surface area (Å²) in [4.78, 5) is 35.3. The first-order chi connectivity index (χ1) is 29.1. The van der Waals surface area contributed by atoms with E-state index in [4.69, 9.17) is 14.2 Å². The normalized spacial score (nSPS) is 22.3. The lowest BCUT2D eigenvalue weighted by molar-refractivity contribution is -0.151. The minimum atomic E-state index is -0.0933. The second kappa shape index (κ2) is 20.6. The van der Waals surface area contributed by atoms with Crippen LogP contribution < -0.4 is 9.47 Å². The summed E-state index contributed by atoms with van der Waals surface area (Å²) in [6, 6.07) is 25.0. The lowest BCUT2D eigenvalue weighted by Gasteiger charge is -2.37. The Morgan fingerprint density at radius 1 is 0.574 bits per heavy atom. The molecule has 8 rings (SSSR count). The number of carbonyl (C=O) groups excluding carboxylic acids is 3. The molecule has 0 N–H and O–H groups in total. The average molecular weight is 834 g/mol. The summed E-state index contributed by atoms with van der Waals surface area (Å²) in [5.74, 6) is 3.69. The van der Waals surface area contributed by atoms with Crippen molar-refractivity contribution in [2.45, 2.75) is 131 Å². The number of esters is 2. The average Bonchev–Trinajstić information content (AvgIpc) is 3.21. The predicted octanol–water partition coefficient (Wildman–Crippen LogP) is 12.0. The van der Waals surface area contributed by atoms with Gasteiger partial charge in [-0.05, 0) is 150 Å². The van der Waals surface area contributed by atoms with E-state index in [1.165, 1.54) is 62.7 Å². The fourth-order valence-corrected chi connectivity index (χ4v) is 9.40. The van der Waals surface area contributed by atoms with Gasteiger partial charge in [-0.3, -0.25) is 19.3 Å². The number of nitrogens with zero attached hydrogens (tertiary/aromatic N) is 1. The summed E-state index contributed by atoms with van der Waals surface area (Å²) >= 11 is 0. The van der Waals surface area contributed by atoms with Crippen LogP contribution in [0, 0.1) is 34.5 Å². The summed E-state index contributed by atoms with van der Waals surface area (Å²) in [6.07, 6.45) is 14.5. The first kappa shape index (κ1) is 46.1. The number of hydrogen-bond donors (Lipinski definition) is 0. The Balaban J connectivity index is 0.000000177. The summed E-state index contributed by atoms with van der Waals surface area (Å²) in [7, 11) is 2.91. The Bertz CT molecular complexity index is 2070. The molecule has 1 heterocycles. The molecule has 0 amide bonds. The zero-order valence-corrected chi connectivity index (χ0v) is 38.2. The Kier molecular flexibility index (Phi) is 15.6. The molecule has 8 heteroatoms. The largest absolute Gasteiger partial charge is 0.490 e. The highest BCUT2D eigenvalue weighted by Gasteiger charge is 2.34. The molecule has 0 spiro atoms. The first-order valence-corrected chi connectivity index (χ1v) is 22.8. The Morgan fingerprint density at radius 2 is 1.02 bits per heavy atom. The van der Waals surface area contributed by atoms with Crippen molar-refractivity contribution < 1.29 is 33.3 Å². The van der Waals surface area contributed by atoms with Crippen molar-refractivity contribution in [1.82, 2.24) is 4.90 Å². The van der Waals surface area contributed by atoms with Crippen LogP contribution in [0.4, 0.5) is 0 Å². The van der Waals surface area contributed by atoms with Crippen LogP contribution in [0.5, 0.6) is 11.5 Å². The highest BCUT2D eigenvalue weighted by Crippen LogP contribution is 2.40. The quantitative estimate of drug-likeness (QED) is 0.122. The molecule has 0 atom stereocenters. The fourth-order valence-electron chi connectivity index (χ4n) is 9.40. The van der Waals surface area contributed by atoms with Crippen molar-refractivity contribution in [3.8, 4) is 11.5 Å². The van der Waals surface area contributed by atoms with Gasteiger partial charge >= 0.3 is 11.9 Å². The summed E-state index contributed by atoms with van der Waals surface area (Å²) in [5, 5.41) is 4.66. The molecule has 3 aliphatic carbocycles. The molecule has 330 valence electrons. The third-order valence-corrected chi connectivity index (χ3v) is 13.8. The molecule has 61 heavy (non-hydrogen) atoms. The summed E-state index contributed by atoms with van der Waals surface area (Å²) in [5.41, 5.74) is 2.80. The Morgan fingerprint density at radius 3 is 1.44 bits per heavy atom. The minimum Gasteiger partial charge on any atom is -0.490 e. The van der Waals surface area contributed by atoms with E-state index in [1.807, 2.05) is 30.3 Å². The molecule has 4 aromatic carbocycles. The number of methoxy groups -OCH3 is 2. The summed E-state index contributed by atoms with van der Waals surface area (Å²) in [6.45, 7) is 16.5. The van der Waals surface area contributed by atoms with E-state index in [0.717, 1.165) is 98.6 Å².